The Morgan fingerprint density at radius 1 is 1.00 bits per heavy atom. The van der Waals surface area contributed by atoms with E-state index in [1.807, 2.05) is 13.8 Å². The Labute approximate surface area is 202 Å². The van der Waals surface area contributed by atoms with E-state index in [9.17, 15) is 15.0 Å². The minimum absolute atomic E-state index is 0.103. The largest absolute Gasteiger partial charge is 0.393 e. The topological polar surface area (TPSA) is 57.5 Å². The van der Waals surface area contributed by atoms with Gasteiger partial charge in [-0.3, -0.25) is 4.79 Å². The predicted octanol–water partition coefficient (Wildman–Crippen LogP) is 6.56. The van der Waals surface area contributed by atoms with E-state index in [0.29, 0.717) is 35.9 Å². The van der Waals surface area contributed by atoms with Crippen LogP contribution in [0.4, 0.5) is 0 Å². The van der Waals surface area contributed by atoms with Crippen molar-refractivity contribution in [3.05, 3.63) is 11.6 Å². The molecule has 9 atom stereocenters. The lowest BCUT2D eigenvalue weighted by Gasteiger charge is -2.67. The van der Waals surface area contributed by atoms with Crippen molar-refractivity contribution in [2.24, 2.45) is 51.2 Å². The van der Waals surface area contributed by atoms with E-state index in [2.05, 4.69) is 47.6 Å². The van der Waals surface area contributed by atoms with Gasteiger partial charge in [-0.1, -0.05) is 67.0 Å². The van der Waals surface area contributed by atoms with Crippen LogP contribution < -0.4 is 0 Å². The summed E-state index contributed by atoms with van der Waals surface area (Å²) in [6.07, 6.45) is 9.71. The number of aliphatic hydroxyl groups is 2. The number of hydrogen-bond acceptors (Lipinski definition) is 3. The highest BCUT2D eigenvalue weighted by atomic mass is 16.3. The first-order valence-corrected chi connectivity index (χ1v) is 13.8. The molecule has 3 fully saturated rings. The number of carbonyl (C=O) groups is 1. The Morgan fingerprint density at radius 2 is 1.67 bits per heavy atom. The van der Waals surface area contributed by atoms with Gasteiger partial charge in [-0.15, -0.1) is 0 Å². The predicted molar refractivity (Wildman–Crippen MR) is 135 cm³/mol. The number of allylic oxidation sites excluding steroid dienone is 1. The molecule has 4 rings (SSSR count). The van der Waals surface area contributed by atoms with Crippen LogP contribution in [0.2, 0.25) is 0 Å². The van der Waals surface area contributed by atoms with Gasteiger partial charge in [0, 0.05) is 23.2 Å². The molecule has 3 nitrogen and oxygen atoms in total. The smallest absolute Gasteiger partial charge is 0.135 e. The SMILES string of the molecule is CC(C)C(=O)CC[C@@H](C)[C@H]1CC[C@@]2(C)[C@@H]3CC=C4[C@@H](CC[C@@H](O)C4(C)C)[C@]3(C)[C@H](O)C[C@]12C. The Bertz CT molecular complexity index is 811. The molecule has 0 heterocycles. The summed E-state index contributed by atoms with van der Waals surface area (Å²) in [4.78, 5) is 12.3. The molecule has 3 saturated carbocycles. The average Bonchev–Trinajstić information content (AvgIpc) is 3.00. The van der Waals surface area contributed by atoms with Gasteiger partial charge in [0.15, 0.2) is 0 Å². The van der Waals surface area contributed by atoms with Crippen molar-refractivity contribution in [1.82, 2.24) is 0 Å². The molecule has 0 unspecified atom stereocenters. The van der Waals surface area contributed by atoms with Gasteiger partial charge in [0.2, 0.25) is 0 Å². The second-order valence-corrected chi connectivity index (χ2v) is 14.0. The number of Topliss-reactive ketones (excluding diaryl/α,β-unsaturated/α-hetero) is 1. The Hall–Kier alpha value is -0.670. The average molecular weight is 459 g/mol. The lowest BCUT2D eigenvalue weighted by Crippen LogP contribution is -2.64. The minimum atomic E-state index is -0.314. The molecule has 4 aliphatic carbocycles. The molecule has 2 N–H and O–H groups in total. The molecule has 0 amide bonds. The third-order valence-electron chi connectivity index (χ3n) is 12.1. The second-order valence-electron chi connectivity index (χ2n) is 14.0. The van der Waals surface area contributed by atoms with Crippen LogP contribution in [0, 0.1) is 51.2 Å². The van der Waals surface area contributed by atoms with Gasteiger partial charge in [0.1, 0.15) is 5.78 Å². The first-order chi connectivity index (χ1) is 15.2. The van der Waals surface area contributed by atoms with Gasteiger partial charge >= 0.3 is 0 Å². The van der Waals surface area contributed by atoms with Crippen molar-refractivity contribution >= 4 is 5.78 Å². The third kappa shape index (κ3) is 3.45. The molecule has 0 aromatic carbocycles. The number of carbonyl (C=O) groups excluding carboxylic acids is 1. The molecule has 0 aliphatic heterocycles. The van der Waals surface area contributed by atoms with Gasteiger partial charge in [-0.05, 0) is 79.4 Å². The molecule has 3 heteroatoms. The molecular weight excluding hydrogens is 408 g/mol. The first kappa shape index (κ1) is 25.4. The summed E-state index contributed by atoms with van der Waals surface area (Å²) in [5.74, 6) is 2.42. The second kappa shape index (κ2) is 8.19. The van der Waals surface area contributed by atoms with E-state index in [1.54, 1.807) is 0 Å². The fourth-order valence-electron chi connectivity index (χ4n) is 9.52. The summed E-state index contributed by atoms with van der Waals surface area (Å²) < 4.78 is 0. The monoisotopic (exact) mass is 458 g/mol. The number of hydrogen-bond donors (Lipinski definition) is 2. The highest BCUT2D eigenvalue weighted by Gasteiger charge is 2.70. The molecule has 0 radical (unpaired) electrons. The maximum Gasteiger partial charge on any atom is 0.135 e. The van der Waals surface area contributed by atoms with Crippen LogP contribution in [0.15, 0.2) is 11.6 Å². The molecule has 0 saturated heterocycles. The summed E-state index contributed by atoms with van der Waals surface area (Å²) in [5.41, 5.74) is 1.38. The third-order valence-corrected chi connectivity index (χ3v) is 12.1. The van der Waals surface area contributed by atoms with Gasteiger partial charge in [-0.25, -0.2) is 0 Å². The van der Waals surface area contributed by atoms with E-state index >= 15 is 0 Å². The van der Waals surface area contributed by atoms with Crippen LogP contribution in [0.3, 0.4) is 0 Å². The summed E-state index contributed by atoms with van der Waals surface area (Å²) in [6, 6.07) is 0. The van der Waals surface area contributed by atoms with E-state index < -0.39 is 0 Å². The maximum absolute atomic E-state index is 12.3. The Morgan fingerprint density at radius 3 is 2.30 bits per heavy atom. The molecule has 0 spiro atoms. The zero-order valence-electron chi connectivity index (χ0n) is 22.6. The van der Waals surface area contributed by atoms with Crippen molar-refractivity contribution in [3.8, 4) is 0 Å². The summed E-state index contributed by atoms with van der Waals surface area (Å²) in [6.45, 7) is 18.2. The summed E-state index contributed by atoms with van der Waals surface area (Å²) >= 11 is 0. The molecule has 0 aromatic rings. The van der Waals surface area contributed by atoms with Crippen molar-refractivity contribution in [2.45, 2.75) is 119 Å². The molecule has 4 aliphatic rings. The molecule has 188 valence electrons. The number of ketones is 1. The van der Waals surface area contributed by atoms with E-state index in [0.717, 1.165) is 32.1 Å². The standard InChI is InChI=1S/C30H50O3/c1-18(2)23(31)12-9-19(3)20-15-16-28(6)24-13-10-21-22(11-14-25(32)27(21,4)5)30(24,8)26(33)17-29(20,28)7/h10,18-20,22,24-26,32-33H,9,11-17H2,1-8H3/t19-,20-,22-,24+,25-,26-,28+,29-,30+/m1/s1. The van der Waals surface area contributed by atoms with Crippen molar-refractivity contribution in [1.29, 1.82) is 0 Å². The van der Waals surface area contributed by atoms with Gasteiger partial charge in [-0.2, -0.15) is 0 Å². The maximum atomic E-state index is 12.3. The van der Waals surface area contributed by atoms with Crippen LogP contribution in [0.25, 0.3) is 0 Å². The van der Waals surface area contributed by atoms with Gasteiger partial charge in [0.25, 0.3) is 0 Å². The molecular formula is C30H50O3. The van der Waals surface area contributed by atoms with Gasteiger partial charge in [0.05, 0.1) is 12.2 Å². The van der Waals surface area contributed by atoms with Crippen LogP contribution in [-0.2, 0) is 4.79 Å². The highest BCUT2D eigenvalue weighted by Crippen LogP contribution is 2.74. The summed E-state index contributed by atoms with van der Waals surface area (Å²) in [7, 11) is 0. The fraction of sp³-hybridized carbons (Fsp3) is 0.900. The Balaban J connectivity index is 1.65. The lowest BCUT2D eigenvalue weighted by atomic mass is 9.38. The van der Waals surface area contributed by atoms with Crippen molar-refractivity contribution < 1.29 is 15.0 Å². The van der Waals surface area contributed by atoms with Crippen LogP contribution >= 0.6 is 0 Å². The summed E-state index contributed by atoms with van der Waals surface area (Å²) in [5, 5.41) is 22.7. The minimum Gasteiger partial charge on any atom is -0.393 e. The van der Waals surface area contributed by atoms with E-state index in [4.69, 9.17) is 0 Å². The van der Waals surface area contributed by atoms with Crippen LogP contribution in [0.1, 0.15) is 107 Å². The molecule has 0 bridgehead atoms. The van der Waals surface area contributed by atoms with Crippen LogP contribution in [0.5, 0.6) is 0 Å². The van der Waals surface area contributed by atoms with Crippen molar-refractivity contribution in [2.75, 3.05) is 0 Å². The van der Waals surface area contributed by atoms with Crippen LogP contribution in [-0.4, -0.2) is 28.2 Å². The highest BCUT2D eigenvalue weighted by molar-refractivity contribution is 5.80. The number of aliphatic hydroxyl groups excluding tert-OH is 2. The lowest BCUT2D eigenvalue weighted by molar-refractivity contribution is -0.204. The van der Waals surface area contributed by atoms with Crippen molar-refractivity contribution in [3.63, 3.8) is 0 Å². The first-order valence-electron chi connectivity index (χ1n) is 13.8. The Kier molecular flexibility index (Phi) is 6.31. The fourth-order valence-corrected chi connectivity index (χ4v) is 9.52. The number of rotatable bonds is 5. The quantitative estimate of drug-likeness (QED) is 0.458. The van der Waals surface area contributed by atoms with E-state index in [1.165, 1.54) is 18.4 Å². The molecule has 33 heavy (non-hydrogen) atoms. The zero-order chi connectivity index (χ0) is 24.6. The van der Waals surface area contributed by atoms with E-state index in [-0.39, 0.29) is 39.8 Å². The number of fused-ring (bicyclic) bond motifs is 5. The normalized spacial score (nSPS) is 47.4. The van der Waals surface area contributed by atoms with Gasteiger partial charge < -0.3 is 10.2 Å². The molecule has 0 aromatic heterocycles. The zero-order valence-corrected chi connectivity index (χ0v) is 22.6.